The minimum absolute atomic E-state index is 0.104. The average Bonchev–Trinajstić information content (AvgIpc) is 2.51. The molecule has 0 amide bonds. The van der Waals surface area contributed by atoms with Crippen LogP contribution in [0.25, 0.3) is 5.52 Å². The van der Waals surface area contributed by atoms with Crippen molar-refractivity contribution in [3.63, 3.8) is 0 Å². The fourth-order valence-corrected chi connectivity index (χ4v) is 1.31. The van der Waals surface area contributed by atoms with Gasteiger partial charge in [-0.1, -0.05) is 6.07 Å². The number of carbonyl (C=O) groups is 1. The lowest BCUT2D eigenvalue weighted by molar-refractivity contribution is -0.107. The van der Waals surface area contributed by atoms with Crippen molar-refractivity contribution in [1.82, 2.24) is 9.38 Å². The van der Waals surface area contributed by atoms with Crippen molar-refractivity contribution in [2.45, 2.75) is 6.42 Å². The first kappa shape index (κ1) is 7.79. The topological polar surface area (TPSA) is 54.6 Å². The Morgan fingerprint density at radius 3 is 3.15 bits per heavy atom. The summed E-state index contributed by atoms with van der Waals surface area (Å²) in [5, 5.41) is 9.47. The smallest absolute Gasteiger partial charge is 0.197 e. The first-order chi connectivity index (χ1) is 6.33. The van der Waals surface area contributed by atoms with Gasteiger partial charge in [-0.2, -0.15) is 0 Å². The zero-order valence-corrected chi connectivity index (χ0v) is 6.84. The molecule has 2 aromatic heterocycles. The molecule has 0 unspecified atom stereocenters. The molecule has 0 aliphatic heterocycles. The monoisotopic (exact) mass is 176 g/mol. The molecule has 0 saturated carbocycles. The van der Waals surface area contributed by atoms with Gasteiger partial charge in [0.2, 0.25) is 0 Å². The molecule has 2 aromatic rings. The number of carbonyl (C=O) groups excluding carboxylic acids is 1. The largest absolute Gasteiger partial charge is 0.494 e. The van der Waals surface area contributed by atoms with Gasteiger partial charge in [0.25, 0.3) is 0 Å². The minimum Gasteiger partial charge on any atom is -0.494 e. The van der Waals surface area contributed by atoms with E-state index in [1.807, 2.05) is 6.07 Å². The van der Waals surface area contributed by atoms with Gasteiger partial charge in [0, 0.05) is 0 Å². The van der Waals surface area contributed by atoms with Crippen molar-refractivity contribution in [3.05, 3.63) is 30.2 Å². The Kier molecular flexibility index (Phi) is 1.73. The van der Waals surface area contributed by atoms with Crippen LogP contribution in [0.4, 0.5) is 0 Å². The van der Waals surface area contributed by atoms with Crippen LogP contribution in [0.15, 0.2) is 24.4 Å². The lowest BCUT2D eigenvalue weighted by atomic mass is 10.4. The summed E-state index contributed by atoms with van der Waals surface area (Å²) < 4.78 is 1.55. The predicted molar refractivity (Wildman–Crippen MR) is 46.6 cm³/mol. The van der Waals surface area contributed by atoms with E-state index in [1.54, 1.807) is 22.7 Å². The van der Waals surface area contributed by atoms with E-state index >= 15 is 0 Å². The van der Waals surface area contributed by atoms with Crippen molar-refractivity contribution >= 4 is 11.8 Å². The van der Waals surface area contributed by atoms with Crippen LogP contribution in [-0.4, -0.2) is 20.8 Å². The highest BCUT2D eigenvalue weighted by Gasteiger charge is 2.05. The van der Waals surface area contributed by atoms with E-state index in [0.29, 0.717) is 5.82 Å². The van der Waals surface area contributed by atoms with Gasteiger partial charge in [-0.05, 0) is 12.1 Å². The molecule has 0 fully saturated rings. The van der Waals surface area contributed by atoms with Crippen molar-refractivity contribution in [3.8, 4) is 5.88 Å². The van der Waals surface area contributed by atoms with E-state index in [2.05, 4.69) is 4.98 Å². The number of imidazole rings is 1. The Morgan fingerprint density at radius 1 is 1.54 bits per heavy atom. The lowest BCUT2D eigenvalue weighted by Crippen LogP contribution is -1.95. The van der Waals surface area contributed by atoms with E-state index in [9.17, 15) is 9.90 Å². The van der Waals surface area contributed by atoms with Gasteiger partial charge >= 0.3 is 0 Å². The number of aromatic nitrogens is 2. The number of rotatable bonds is 2. The van der Waals surface area contributed by atoms with Crippen LogP contribution in [0.1, 0.15) is 5.82 Å². The van der Waals surface area contributed by atoms with Crippen molar-refractivity contribution in [2.75, 3.05) is 0 Å². The van der Waals surface area contributed by atoms with E-state index in [-0.39, 0.29) is 12.3 Å². The maximum Gasteiger partial charge on any atom is 0.197 e. The van der Waals surface area contributed by atoms with Gasteiger partial charge in [0.05, 0.1) is 18.1 Å². The highest BCUT2D eigenvalue weighted by molar-refractivity contribution is 5.56. The van der Waals surface area contributed by atoms with Crippen LogP contribution in [0.2, 0.25) is 0 Å². The normalized spacial score (nSPS) is 10.5. The number of hydrogen-bond acceptors (Lipinski definition) is 3. The van der Waals surface area contributed by atoms with Gasteiger partial charge in [-0.15, -0.1) is 0 Å². The fourth-order valence-electron chi connectivity index (χ4n) is 1.31. The number of aromatic hydroxyl groups is 1. The number of aldehydes is 1. The summed E-state index contributed by atoms with van der Waals surface area (Å²) in [6, 6.07) is 5.11. The average molecular weight is 176 g/mol. The highest BCUT2D eigenvalue weighted by Crippen LogP contribution is 2.15. The molecular weight excluding hydrogens is 168 g/mol. The molecule has 0 saturated heterocycles. The summed E-state index contributed by atoms with van der Waals surface area (Å²) in [6.07, 6.45) is 2.60. The van der Waals surface area contributed by atoms with Crippen LogP contribution in [0.3, 0.4) is 0 Å². The Balaban J connectivity index is 2.70. The molecule has 1 N–H and O–H groups in total. The molecule has 66 valence electrons. The van der Waals surface area contributed by atoms with Gasteiger partial charge in [-0.25, -0.2) is 4.98 Å². The minimum atomic E-state index is 0.104. The SMILES string of the molecule is O=CCc1ncc2cccc(O)n12. The number of hydrogen-bond donors (Lipinski definition) is 1. The van der Waals surface area contributed by atoms with E-state index in [0.717, 1.165) is 11.8 Å². The summed E-state index contributed by atoms with van der Waals surface area (Å²) in [6.45, 7) is 0. The first-order valence-electron chi connectivity index (χ1n) is 3.91. The Morgan fingerprint density at radius 2 is 2.38 bits per heavy atom. The molecule has 4 nitrogen and oxygen atoms in total. The number of fused-ring (bicyclic) bond motifs is 1. The van der Waals surface area contributed by atoms with Gasteiger partial charge in [0.1, 0.15) is 12.1 Å². The second kappa shape index (κ2) is 2.90. The Hall–Kier alpha value is -1.84. The fraction of sp³-hybridized carbons (Fsp3) is 0.111. The Labute approximate surface area is 74.5 Å². The third kappa shape index (κ3) is 1.16. The Bertz CT molecular complexity index is 448. The van der Waals surface area contributed by atoms with Crippen molar-refractivity contribution < 1.29 is 9.90 Å². The first-order valence-corrected chi connectivity index (χ1v) is 3.91. The maximum atomic E-state index is 10.3. The summed E-state index contributed by atoms with van der Waals surface area (Å²) in [5.41, 5.74) is 0.789. The zero-order valence-electron chi connectivity index (χ0n) is 6.84. The van der Waals surface area contributed by atoms with E-state index in [1.165, 1.54) is 0 Å². The van der Waals surface area contributed by atoms with Crippen molar-refractivity contribution in [2.24, 2.45) is 0 Å². The summed E-state index contributed by atoms with van der Waals surface area (Å²) in [7, 11) is 0. The molecule has 0 aromatic carbocycles. The van der Waals surface area contributed by atoms with Gasteiger partial charge < -0.3 is 9.90 Å². The van der Waals surface area contributed by atoms with Crippen LogP contribution in [-0.2, 0) is 11.2 Å². The zero-order chi connectivity index (χ0) is 9.26. The van der Waals surface area contributed by atoms with E-state index in [4.69, 9.17) is 0 Å². The number of nitrogens with zero attached hydrogens (tertiary/aromatic N) is 2. The molecule has 0 spiro atoms. The molecule has 2 heterocycles. The van der Waals surface area contributed by atoms with Crippen LogP contribution < -0.4 is 0 Å². The van der Waals surface area contributed by atoms with Gasteiger partial charge in [0.15, 0.2) is 5.88 Å². The molecule has 2 rings (SSSR count). The van der Waals surface area contributed by atoms with Crippen LogP contribution in [0, 0.1) is 0 Å². The molecule has 0 bridgehead atoms. The second-order valence-corrected chi connectivity index (χ2v) is 2.69. The molecule has 4 heteroatoms. The predicted octanol–water partition coefficient (Wildman–Crippen LogP) is 0.781. The van der Waals surface area contributed by atoms with Crippen molar-refractivity contribution in [1.29, 1.82) is 0 Å². The molecule has 13 heavy (non-hydrogen) atoms. The quantitative estimate of drug-likeness (QED) is 0.688. The second-order valence-electron chi connectivity index (χ2n) is 2.69. The highest BCUT2D eigenvalue weighted by atomic mass is 16.3. The summed E-state index contributed by atoms with van der Waals surface area (Å²) in [4.78, 5) is 14.3. The number of pyridine rings is 1. The third-order valence-electron chi connectivity index (χ3n) is 1.87. The van der Waals surface area contributed by atoms with Crippen LogP contribution in [0.5, 0.6) is 5.88 Å². The van der Waals surface area contributed by atoms with E-state index < -0.39 is 0 Å². The molecule has 0 aliphatic carbocycles. The lowest BCUT2D eigenvalue weighted by Gasteiger charge is -1.99. The maximum absolute atomic E-state index is 10.3. The van der Waals surface area contributed by atoms with Crippen LogP contribution >= 0.6 is 0 Å². The standard InChI is InChI=1S/C9H8N2O2/c12-5-4-8-10-6-7-2-1-3-9(13)11(7)8/h1-3,5-6,13H,4H2. The molecule has 0 radical (unpaired) electrons. The summed E-state index contributed by atoms with van der Waals surface area (Å²) in [5.74, 6) is 0.662. The molecule has 0 aliphatic rings. The summed E-state index contributed by atoms with van der Waals surface area (Å²) >= 11 is 0. The van der Waals surface area contributed by atoms with Gasteiger partial charge in [-0.3, -0.25) is 4.40 Å². The third-order valence-corrected chi connectivity index (χ3v) is 1.87. The molecular formula is C9H8N2O2. The molecule has 0 atom stereocenters.